The van der Waals surface area contributed by atoms with Gasteiger partial charge < -0.3 is 15.0 Å². The molecule has 3 aromatic rings. The van der Waals surface area contributed by atoms with Crippen molar-refractivity contribution in [1.82, 2.24) is 15.3 Å². The fourth-order valence-electron chi connectivity index (χ4n) is 3.54. The summed E-state index contributed by atoms with van der Waals surface area (Å²) in [5.41, 5.74) is 2.77. The van der Waals surface area contributed by atoms with Gasteiger partial charge in [0, 0.05) is 17.6 Å². The number of H-pyrrole nitrogens is 1. The zero-order valence-electron chi connectivity index (χ0n) is 15.7. The quantitative estimate of drug-likeness (QED) is 0.638. The molecule has 0 aliphatic heterocycles. The molecule has 0 bridgehead atoms. The fraction of sp³-hybridized carbons (Fsp3) is 0.333. The second-order valence-corrected chi connectivity index (χ2v) is 7.29. The molecule has 5 nitrogen and oxygen atoms in total. The summed E-state index contributed by atoms with van der Waals surface area (Å²) in [6.45, 7) is 0.427. The van der Waals surface area contributed by atoms with Crippen LogP contribution in [0.4, 0.5) is 13.2 Å². The summed E-state index contributed by atoms with van der Waals surface area (Å²) in [7, 11) is 0. The first-order valence-corrected chi connectivity index (χ1v) is 9.34. The molecule has 3 atom stereocenters. The van der Waals surface area contributed by atoms with Crippen LogP contribution < -0.4 is 10.1 Å². The Kier molecular flexibility index (Phi) is 4.94. The average molecular weight is 403 g/mol. The van der Waals surface area contributed by atoms with E-state index in [1.807, 2.05) is 30.5 Å². The van der Waals surface area contributed by atoms with Gasteiger partial charge in [-0.15, -0.1) is 0 Å². The lowest BCUT2D eigenvalue weighted by molar-refractivity contribution is -0.153. The summed E-state index contributed by atoms with van der Waals surface area (Å²) in [5.74, 6) is 0.0625. The van der Waals surface area contributed by atoms with Gasteiger partial charge in [0.25, 0.3) is 0 Å². The number of aromatic amines is 1. The van der Waals surface area contributed by atoms with Crippen LogP contribution in [-0.4, -0.2) is 28.7 Å². The molecule has 1 aliphatic carbocycles. The number of nitrogens with one attached hydrogen (secondary N) is 2. The molecule has 152 valence electrons. The lowest BCUT2D eigenvalue weighted by atomic mass is 10.1. The van der Waals surface area contributed by atoms with E-state index in [1.54, 1.807) is 13.0 Å². The summed E-state index contributed by atoms with van der Waals surface area (Å²) < 4.78 is 41.3. The number of hydrogen-bond acceptors (Lipinski definition) is 3. The minimum absolute atomic E-state index is 0.0332. The number of hydrogen-bond donors (Lipinski definition) is 2. The van der Waals surface area contributed by atoms with Gasteiger partial charge in [0.1, 0.15) is 5.75 Å². The molecule has 0 spiro atoms. The molecule has 2 N–H and O–H groups in total. The summed E-state index contributed by atoms with van der Waals surface area (Å²) in [4.78, 5) is 20.0. The van der Waals surface area contributed by atoms with Crippen molar-refractivity contribution in [3.8, 4) is 5.75 Å². The van der Waals surface area contributed by atoms with Gasteiger partial charge in [-0.2, -0.15) is 13.2 Å². The molecule has 2 heterocycles. The Labute approximate surface area is 165 Å². The molecule has 1 fully saturated rings. The highest BCUT2D eigenvalue weighted by Crippen LogP contribution is 2.49. The van der Waals surface area contributed by atoms with Crippen LogP contribution in [0.3, 0.4) is 0 Å². The summed E-state index contributed by atoms with van der Waals surface area (Å²) in [6.07, 6.45) is -0.489. The molecular formula is C21H20F3N3O2. The lowest BCUT2D eigenvalue weighted by Gasteiger charge is -2.14. The highest BCUT2D eigenvalue weighted by Gasteiger charge is 2.45. The van der Waals surface area contributed by atoms with Gasteiger partial charge in [-0.05, 0) is 48.4 Å². The van der Waals surface area contributed by atoms with Crippen molar-refractivity contribution >= 4 is 16.8 Å². The van der Waals surface area contributed by atoms with E-state index in [1.165, 1.54) is 12.3 Å². The van der Waals surface area contributed by atoms with E-state index in [0.717, 1.165) is 22.9 Å². The van der Waals surface area contributed by atoms with Crippen LogP contribution >= 0.6 is 0 Å². The van der Waals surface area contributed by atoms with Crippen LogP contribution in [-0.2, 0) is 4.79 Å². The van der Waals surface area contributed by atoms with Crippen LogP contribution in [0.5, 0.6) is 5.75 Å². The van der Waals surface area contributed by atoms with E-state index in [2.05, 4.69) is 20.0 Å². The number of ether oxygens (including phenoxy) is 1. The summed E-state index contributed by atoms with van der Waals surface area (Å²) in [5, 5.41) is 4.07. The maximum atomic E-state index is 12.6. The van der Waals surface area contributed by atoms with Crippen molar-refractivity contribution < 1.29 is 22.7 Å². The van der Waals surface area contributed by atoms with E-state index in [9.17, 15) is 18.0 Å². The second kappa shape index (κ2) is 7.42. The Balaban J connectivity index is 1.35. The van der Waals surface area contributed by atoms with Gasteiger partial charge >= 0.3 is 6.18 Å². The molecule has 8 heteroatoms. The van der Waals surface area contributed by atoms with Gasteiger partial charge in [0.05, 0.1) is 17.9 Å². The van der Waals surface area contributed by atoms with Gasteiger partial charge in [-0.25, -0.2) is 0 Å². The van der Waals surface area contributed by atoms with Crippen molar-refractivity contribution in [2.24, 2.45) is 5.92 Å². The van der Waals surface area contributed by atoms with Crippen molar-refractivity contribution in [2.45, 2.75) is 31.5 Å². The number of rotatable bonds is 6. The van der Waals surface area contributed by atoms with Crippen LogP contribution in [0.1, 0.15) is 36.6 Å². The van der Waals surface area contributed by atoms with Crippen LogP contribution in [0.15, 0.2) is 48.8 Å². The molecule has 1 aliphatic rings. The third-order valence-corrected chi connectivity index (χ3v) is 5.11. The zero-order chi connectivity index (χ0) is 20.6. The predicted molar refractivity (Wildman–Crippen MR) is 101 cm³/mol. The maximum Gasteiger partial charge on any atom is 0.422 e. The van der Waals surface area contributed by atoms with Gasteiger partial charge in [-0.3, -0.25) is 9.78 Å². The van der Waals surface area contributed by atoms with Crippen molar-refractivity contribution in [3.05, 3.63) is 60.0 Å². The number of para-hydroxylation sites is 1. The van der Waals surface area contributed by atoms with E-state index in [0.29, 0.717) is 5.69 Å². The number of fused-ring (bicyclic) bond motifs is 1. The average Bonchev–Trinajstić information content (AvgIpc) is 3.34. The Morgan fingerprint density at radius 2 is 2.14 bits per heavy atom. The smallest absolute Gasteiger partial charge is 0.422 e. The number of halogens is 3. The van der Waals surface area contributed by atoms with Crippen LogP contribution in [0.25, 0.3) is 10.9 Å². The Bertz CT molecular complexity index is 1010. The first-order chi connectivity index (χ1) is 13.8. The number of alkyl halides is 3. The van der Waals surface area contributed by atoms with Crippen LogP contribution in [0.2, 0.25) is 0 Å². The number of carbonyl (C=O) groups excluding carboxylic acids is 1. The number of pyridine rings is 1. The largest absolute Gasteiger partial charge is 0.483 e. The third kappa shape index (κ3) is 4.36. The SMILES string of the molecule is C[C@@H](NC(=O)[C@@H]1C[C@H]1c1cccc2cc[nH]c12)c1ccc(OCC(F)(F)F)cn1. The van der Waals surface area contributed by atoms with E-state index >= 15 is 0 Å². The third-order valence-electron chi connectivity index (χ3n) is 5.11. The van der Waals surface area contributed by atoms with Crippen LogP contribution in [0, 0.1) is 5.92 Å². The van der Waals surface area contributed by atoms with Crippen molar-refractivity contribution in [1.29, 1.82) is 0 Å². The molecule has 1 saturated carbocycles. The molecule has 29 heavy (non-hydrogen) atoms. The summed E-state index contributed by atoms with van der Waals surface area (Å²) in [6, 6.07) is 10.7. The molecule has 0 unspecified atom stereocenters. The van der Waals surface area contributed by atoms with Crippen molar-refractivity contribution in [3.63, 3.8) is 0 Å². The predicted octanol–water partition coefficient (Wildman–Crippen LogP) is 4.48. The van der Waals surface area contributed by atoms with Gasteiger partial charge in [-0.1, -0.05) is 18.2 Å². The number of aromatic nitrogens is 2. The molecular weight excluding hydrogens is 383 g/mol. The molecule has 0 radical (unpaired) electrons. The first-order valence-electron chi connectivity index (χ1n) is 9.34. The van der Waals surface area contributed by atoms with E-state index in [4.69, 9.17) is 0 Å². The monoisotopic (exact) mass is 403 g/mol. The topological polar surface area (TPSA) is 67.0 Å². The Hall–Kier alpha value is -3.03. The highest BCUT2D eigenvalue weighted by atomic mass is 19.4. The first kappa shape index (κ1) is 19.3. The highest BCUT2D eigenvalue weighted by molar-refractivity contribution is 5.87. The standard InChI is InChI=1S/C21H20F3N3O2/c1-12(18-6-5-14(10-26-18)29-11-21(22,23)24)27-20(28)17-9-16(17)15-4-2-3-13-7-8-25-19(13)15/h2-8,10,12,16-17,25H,9,11H2,1H3,(H,27,28)/t12-,16+,17-/m1/s1. The number of benzene rings is 1. The zero-order valence-corrected chi connectivity index (χ0v) is 15.7. The van der Waals surface area contributed by atoms with Gasteiger partial charge in [0.2, 0.25) is 5.91 Å². The minimum atomic E-state index is -4.40. The number of amides is 1. The lowest BCUT2D eigenvalue weighted by Crippen LogP contribution is -2.29. The van der Waals surface area contributed by atoms with E-state index in [-0.39, 0.29) is 29.5 Å². The molecule has 0 saturated heterocycles. The molecule has 2 aromatic heterocycles. The Morgan fingerprint density at radius 1 is 1.31 bits per heavy atom. The molecule has 1 aromatic carbocycles. The minimum Gasteiger partial charge on any atom is -0.483 e. The Morgan fingerprint density at radius 3 is 2.86 bits per heavy atom. The van der Waals surface area contributed by atoms with E-state index < -0.39 is 12.8 Å². The van der Waals surface area contributed by atoms with Crippen molar-refractivity contribution in [2.75, 3.05) is 6.61 Å². The number of nitrogens with zero attached hydrogens (tertiary/aromatic N) is 1. The van der Waals surface area contributed by atoms with Gasteiger partial charge in [0.15, 0.2) is 6.61 Å². The molecule has 1 amide bonds. The summed E-state index contributed by atoms with van der Waals surface area (Å²) >= 11 is 0. The fourth-order valence-corrected chi connectivity index (χ4v) is 3.54. The molecule has 4 rings (SSSR count). The normalized spacial score (nSPS) is 19.7. The maximum absolute atomic E-state index is 12.6. The second-order valence-electron chi connectivity index (χ2n) is 7.29. The number of carbonyl (C=O) groups is 1.